The zero-order valence-corrected chi connectivity index (χ0v) is 10.2. The summed E-state index contributed by atoms with van der Waals surface area (Å²) in [6, 6.07) is 7.36. The molecule has 1 aliphatic heterocycles. The molecule has 0 radical (unpaired) electrons. The molecular formula is C14H18N2. The van der Waals surface area contributed by atoms with Gasteiger partial charge in [0.25, 0.3) is 0 Å². The van der Waals surface area contributed by atoms with Crippen LogP contribution in [0.4, 0.5) is 0 Å². The van der Waals surface area contributed by atoms with Crippen molar-refractivity contribution in [3.63, 3.8) is 0 Å². The van der Waals surface area contributed by atoms with Crippen molar-refractivity contribution in [1.82, 2.24) is 9.47 Å². The summed E-state index contributed by atoms with van der Waals surface area (Å²) in [6.07, 6.45) is 3.34. The van der Waals surface area contributed by atoms with Crippen molar-refractivity contribution in [2.45, 2.75) is 19.4 Å². The average Bonchev–Trinajstić information content (AvgIpc) is 2.66. The van der Waals surface area contributed by atoms with Gasteiger partial charge in [0.15, 0.2) is 0 Å². The molecule has 1 unspecified atom stereocenters. The van der Waals surface area contributed by atoms with Crippen molar-refractivity contribution < 1.29 is 0 Å². The fourth-order valence-corrected chi connectivity index (χ4v) is 2.82. The SMILES string of the molecule is CC1c2ccc3c(ccn3C)c2CCN1C. The summed E-state index contributed by atoms with van der Waals surface area (Å²) < 4.78 is 2.21. The summed E-state index contributed by atoms with van der Waals surface area (Å²) in [5, 5.41) is 1.44. The average molecular weight is 214 g/mol. The lowest BCUT2D eigenvalue weighted by Crippen LogP contribution is -2.30. The molecule has 0 saturated carbocycles. The van der Waals surface area contributed by atoms with E-state index in [4.69, 9.17) is 0 Å². The van der Waals surface area contributed by atoms with E-state index in [0.29, 0.717) is 6.04 Å². The molecule has 1 aromatic carbocycles. The first kappa shape index (κ1) is 9.91. The maximum atomic E-state index is 2.43. The van der Waals surface area contributed by atoms with Gasteiger partial charge in [-0.25, -0.2) is 0 Å². The fraction of sp³-hybridized carbons (Fsp3) is 0.429. The second kappa shape index (κ2) is 3.36. The quantitative estimate of drug-likeness (QED) is 0.654. The van der Waals surface area contributed by atoms with Crippen LogP contribution >= 0.6 is 0 Å². The lowest BCUT2D eigenvalue weighted by Gasteiger charge is -2.32. The molecule has 3 rings (SSSR count). The van der Waals surface area contributed by atoms with Crippen molar-refractivity contribution in [3.05, 3.63) is 35.5 Å². The number of hydrogen-bond acceptors (Lipinski definition) is 1. The third-order valence-electron chi connectivity index (χ3n) is 4.04. The fourth-order valence-electron chi connectivity index (χ4n) is 2.82. The summed E-state index contributed by atoms with van der Waals surface area (Å²) >= 11 is 0. The Hall–Kier alpha value is -1.28. The van der Waals surface area contributed by atoms with Crippen molar-refractivity contribution >= 4 is 10.9 Å². The summed E-state index contributed by atoms with van der Waals surface area (Å²) in [5.41, 5.74) is 4.42. The minimum Gasteiger partial charge on any atom is -0.351 e. The Morgan fingerprint density at radius 1 is 1.19 bits per heavy atom. The second-order valence-electron chi connectivity index (χ2n) is 4.90. The number of hydrogen-bond donors (Lipinski definition) is 0. The summed E-state index contributed by atoms with van der Waals surface area (Å²) in [6.45, 7) is 3.47. The zero-order chi connectivity index (χ0) is 11.3. The molecule has 2 nitrogen and oxygen atoms in total. The van der Waals surface area contributed by atoms with Gasteiger partial charge in [-0.15, -0.1) is 0 Å². The van der Waals surface area contributed by atoms with Gasteiger partial charge >= 0.3 is 0 Å². The third kappa shape index (κ3) is 1.23. The van der Waals surface area contributed by atoms with Crippen molar-refractivity contribution in [2.24, 2.45) is 7.05 Å². The number of aryl methyl sites for hydroxylation is 1. The Morgan fingerprint density at radius 3 is 2.81 bits per heavy atom. The summed E-state index contributed by atoms with van der Waals surface area (Å²) in [5.74, 6) is 0. The van der Waals surface area contributed by atoms with Crippen LogP contribution in [0, 0.1) is 0 Å². The van der Waals surface area contributed by atoms with E-state index in [2.05, 4.69) is 54.9 Å². The molecule has 0 amide bonds. The van der Waals surface area contributed by atoms with E-state index in [0.717, 1.165) is 0 Å². The largest absolute Gasteiger partial charge is 0.351 e. The van der Waals surface area contributed by atoms with Crippen LogP contribution in [0.5, 0.6) is 0 Å². The minimum atomic E-state index is 0.549. The van der Waals surface area contributed by atoms with E-state index in [9.17, 15) is 0 Å². The maximum absolute atomic E-state index is 2.43. The summed E-state index contributed by atoms with van der Waals surface area (Å²) in [4.78, 5) is 2.43. The van der Waals surface area contributed by atoms with Gasteiger partial charge in [-0.2, -0.15) is 0 Å². The van der Waals surface area contributed by atoms with Crippen LogP contribution in [-0.2, 0) is 13.5 Å². The minimum absolute atomic E-state index is 0.549. The molecule has 0 N–H and O–H groups in total. The van der Waals surface area contributed by atoms with Gasteiger partial charge in [0.2, 0.25) is 0 Å². The van der Waals surface area contributed by atoms with Gasteiger partial charge in [-0.05, 0) is 43.7 Å². The highest BCUT2D eigenvalue weighted by molar-refractivity contribution is 5.85. The van der Waals surface area contributed by atoms with E-state index < -0.39 is 0 Å². The molecule has 0 aliphatic carbocycles. The first-order valence-electron chi connectivity index (χ1n) is 5.95. The molecule has 1 aliphatic rings. The van der Waals surface area contributed by atoms with Crippen LogP contribution in [0.2, 0.25) is 0 Å². The van der Waals surface area contributed by atoms with Gasteiger partial charge in [0.1, 0.15) is 0 Å². The third-order valence-corrected chi connectivity index (χ3v) is 4.04. The van der Waals surface area contributed by atoms with Gasteiger partial charge in [0, 0.05) is 36.7 Å². The van der Waals surface area contributed by atoms with E-state index >= 15 is 0 Å². The molecule has 0 bridgehead atoms. The molecule has 2 heteroatoms. The maximum Gasteiger partial charge on any atom is 0.0480 e. The number of rotatable bonds is 0. The Bertz CT molecular complexity index is 539. The van der Waals surface area contributed by atoms with E-state index in [-0.39, 0.29) is 0 Å². The molecule has 0 fully saturated rings. The van der Waals surface area contributed by atoms with Crippen molar-refractivity contribution in [3.8, 4) is 0 Å². The molecule has 0 spiro atoms. The first-order chi connectivity index (χ1) is 7.68. The molecule has 2 heterocycles. The Balaban J connectivity index is 2.28. The number of nitrogens with zero attached hydrogens (tertiary/aromatic N) is 2. The Labute approximate surface area is 96.5 Å². The smallest absolute Gasteiger partial charge is 0.0480 e. The highest BCUT2D eigenvalue weighted by Crippen LogP contribution is 2.33. The predicted molar refractivity (Wildman–Crippen MR) is 67.7 cm³/mol. The number of likely N-dealkylation sites (N-methyl/N-ethyl adjacent to an activating group) is 1. The predicted octanol–water partition coefficient (Wildman–Crippen LogP) is 2.73. The second-order valence-corrected chi connectivity index (χ2v) is 4.90. The van der Waals surface area contributed by atoms with Crippen LogP contribution in [0.3, 0.4) is 0 Å². The lowest BCUT2D eigenvalue weighted by molar-refractivity contribution is 0.248. The van der Waals surface area contributed by atoms with Crippen LogP contribution < -0.4 is 0 Å². The topological polar surface area (TPSA) is 8.17 Å². The van der Waals surface area contributed by atoms with Gasteiger partial charge in [-0.3, -0.25) is 4.90 Å². The van der Waals surface area contributed by atoms with Crippen LogP contribution in [0.1, 0.15) is 24.1 Å². The van der Waals surface area contributed by atoms with Crippen molar-refractivity contribution in [2.75, 3.05) is 13.6 Å². The molecule has 2 aromatic rings. The number of aromatic nitrogens is 1. The van der Waals surface area contributed by atoms with E-state index in [1.807, 2.05) is 0 Å². The van der Waals surface area contributed by atoms with Crippen LogP contribution in [-0.4, -0.2) is 23.1 Å². The Morgan fingerprint density at radius 2 is 2.00 bits per heavy atom. The Kier molecular flexibility index (Phi) is 2.08. The molecular weight excluding hydrogens is 196 g/mol. The highest BCUT2D eigenvalue weighted by atomic mass is 15.1. The first-order valence-corrected chi connectivity index (χ1v) is 5.95. The normalized spacial score (nSPS) is 21.3. The zero-order valence-electron chi connectivity index (χ0n) is 10.2. The van der Waals surface area contributed by atoms with Crippen LogP contribution in [0.25, 0.3) is 10.9 Å². The van der Waals surface area contributed by atoms with E-state index in [1.165, 1.54) is 29.4 Å². The molecule has 84 valence electrons. The molecule has 16 heavy (non-hydrogen) atoms. The molecule has 1 atom stereocenters. The van der Waals surface area contributed by atoms with Gasteiger partial charge in [-0.1, -0.05) is 6.07 Å². The van der Waals surface area contributed by atoms with Crippen molar-refractivity contribution in [1.29, 1.82) is 0 Å². The molecule has 1 aromatic heterocycles. The standard InChI is InChI=1S/C14H18N2/c1-10-11-4-5-14-13(7-9-16(14)3)12(11)6-8-15(10)2/h4-5,7,9-10H,6,8H2,1-3H3. The monoisotopic (exact) mass is 214 g/mol. The number of fused-ring (bicyclic) bond motifs is 3. The number of benzene rings is 1. The van der Waals surface area contributed by atoms with Gasteiger partial charge in [0.05, 0.1) is 0 Å². The lowest BCUT2D eigenvalue weighted by atomic mass is 9.91. The summed E-state index contributed by atoms with van der Waals surface area (Å²) in [7, 11) is 4.33. The molecule has 0 saturated heterocycles. The van der Waals surface area contributed by atoms with E-state index in [1.54, 1.807) is 5.56 Å². The van der Waals surface area contributed by atoms with Crippen LogP contribution in [0.15, 0.2) is 24.4 Å². The van der Waals surface area contributed by atoms with Gasteiger partial charge < -0.3 is 4.57 Å². The highest BCUT2D eigenvalue weighted by Gasteiger charge is 2.22.